The first-order valence-electron chi connectivity index (χ1n) is 2.50. The Morgan fingerprint density at radius 3 is 1.75 bits per heavy atom. The van der Waals surface area contributed by atoms with Gasteiger partial charge >= 0.3 is 0 Å². The highest BCUT2D eigenvalue weighted by atomic mass is 16.5. The fourth-order valence-corrected chi connectivity index (χ4v) is 0.447. The van der Waals surface area contributed by atoms with Gasteiger partial charge in [-0.2, -0.15) is 0 Å². The van der Waals surface area contributed by atoms with Crippen LogP contribution in [-0.2, 0) is 0 Å². The summed E-state index contributed by atoms with van der Waals surface area (Å²) in [6.45, 7) is 3.04. The zero-order valence-electron chi connectivity index (χ0n) is 5.13. The van der Waals surface area contributed by atoms with E-state index in [0.29, 0.717) is 0 Å². The lowest BCUT2D eigenvalue weighted by Crippen LogP contribution is -2.25. The van der Waals surface area contributed by atoms with Gasteiger partial charge in [-0.05, 0) is 13.8 Å². The van der Waals surface area contributed by atoms with Crippen molar-refractivity contribution in [2.24, 2.45) is 0 Å². The van der Waals surface area contributed by atoms with Crippen LogP contribution < -0.4 is 0 Å². The van der Waals surface area contributed by atoms with E-state index in [0.717, 1.165) is 0 Å². The molecule has 0 aromatic heterocycles. The molecular weight excluding hydrogens is 108 g/mol. The lowest BCUT2D eigenvalue weighted by Gasteiger charge is -2.17. The Morgan fingerprint density at radius 2 is 1.75 bits per heavy atom. The summed E-state index contributed by atoms with van der Waals surface area (Å²) in [5.74, 6) is 0. The second-order valence-corrected chi connectivity index (χ2v) is 2.50. The lowest BCUT2D eigenvalue weighted by atomic mass is 10.1. The van der Waals surface area contributed by atoms with E-state index in [1.807, 2.05) is 0 Å². The van der Waals surface area contributed by atoms with Crippen LogP contribution in [0.3, 0.4) is 0 Å². The molecule has 3 nitrogen and oxygen atoms in total. The van der Waals surface area contributed by atoms with Crippen LogP contribution in [0.2, 0.25) is 0 Å². The molecule has 0 aliphatic rings. The second-order valence-electron chi connectivity index (χ2n) is 2.50. The summed E-state index contributed by atoms with van der Waals surface area (Å²) in [6.07, 6.45) is -1.41. The first kappa shape index (κ1) is 7.88. The third-order valence-electron chi connectivity index (χ3n) is 0.682. The summed E-state index contributed by atoms with van der Waals surface area (Å²) >= 11 is 0. The lowest BCUT2D eigenvalue weighted by molar-refractivity contribution is -0.0911. The van der Waals surface area contributed by atoms with Crippen LogP contribution in [-0.4, -0.2) is 27.2 Å². The Bertz CT molecular complexity index is 62.6. The Labute approximate surface area is 48.6 Å². The second kappa shape index (κ2) is 2.44. The van der Waals surface area contributed by atoms with Gasteiger partial charge in [0.2, 0.25) is 0 Å². The maximum atomic E-state index is 8.87. The van der Waals surface area contributed by atoms with Gasteiger partial charge in [-0.3, -0.25) is 0 Å². The average molecular weight is 120 g/mol. The van der Waals surface area contributed by atoms with Gasteiger partial charge in [-0.15, -0.1) is 0 Å². The number of aliphatic hydroxyl groups is 3. The normalized spacial score (nSPS) is 12.8. The zero-order chi connectivity index (χ0) is 6.78. The summed E-state index contributed by atoms with van der Waals surface area (Å²) < 4.78 is 0. The van der Waals surface area contributed by atoms with Crippen molar-refractivity contribution in [3.05, 3.63) is 0 Å². The maximum absolute atomic E-state index is 8.87. The molecule has 0 aromatic rings. The van der Waals surface area contributed by atoms with Crippen molar-refractivity contribution in [3.8, 4) is 0 Å². The quantitative estimate of drug-likeness (QED) is 0.429. The number of aliphatic hydroxyl groups excluding tert-OH is 1. The SMILES string of the molecule is CC(C)(O)CC(O)O. The van der Waals surface area contributed by atoms with Gasteiger partial charge in [0.25, 0.3) is 0 Å². The summed E-state index contributed by atoms with van der Waals surface area (Å²) in [5, 5.41) is 25.4. The highest BCUT2D eigenvalue weighted by molar-refractivity contribution is 4.64. The summed E-state index contributed by atoms with van der Waals surface area (Å²) in [7, 11) is 0. The first-order chi connectivity index (χ1) is 3.42. The van der Waals surface area contributed by atoms with E-state index >= 15 is 0 Å². The standard InChI is InChI=1S/C5H12O3/c1-5(2,8)3-4(6)7/h4,6-8H,3H2,1-2H3. The molecule has 0 rings (SSSR count). The van der Waals surface area contributed by atoms with Crippen LogP contribution in [0.5, 0.6) is 0 Å². The fourth-order valence-electron chi connectivity index (χ4n) is 0.447. The molecular formula is C5H12O3. The van der Waals surface area contributed by atoms with Crippen molar-refractivity contribution in [2.45, 2.75) is 32.2 Å². The maximum Gasteiger partial charge on any atom is 0.154 e. The topological polar surface area (TPSA) is 60.7 Å². The molecule has 0 spiro atoms. The van der Waals surface area contributed by atoms with E-state index in [9.17, 15) is 0 Å². The van der Waals surface area contributed by atoms with Crippen molar-refractivity contribution < 1.29 is 15.3 Å². The Hall–Kier alpha value is -0.120. The zero-order valence-corrected chi connectivity index (χ0v) is 5.13. The summed E-state index contributed by atoms with van der Waals surface area (Å²) in [5.41, 5.74) is -0.978. The molecule has 0 saturated carbocycles. The van der Waals surface area contributed by atoms with Crippen LogP contribution in [0.15, 0.2) is 0 Å². The molecule has 0 bridgehead atoms. The van der Waals surface area contributed by atoms with E-state index in [2.05, 4.69) is 0 Å². The third kappa shape index (κ3) is 5.88. The van der Waals surface area contributed by atoms with Crippen molar-refractivity contribution >= 4 is 0 Å². The highest BCUT2D eigenvalue weighted by Gasteiger charge is 2.15. The van der Waals surface area contributed by atoms with Crippen LogP contribution in [0.4, 0.5) is 0 Å². The average Bonchev–Trinajstić information content (AvgIpc) is 1.21. The smallest absolute Gasteiger partial charge is 0.154 e. The van der Waals surface area contributed by atoms with Crippen LogP contribution in [0.25, 0.3) is 0 Å². The molecule has 0 aromatic carbocycles. The van der Waals surface area contributed by atoms with E-state index < -0.39 is 11.9 Å². The third-order valence-corrected chi connectivity index (χ3v) is 0.682. The predicted molar refractivity (Wildman–Crippen MR) is 29.1 cm³/mol. The van der Waals surface area contributed by atoms with Gasteiger partial charge in [0, 0.05) is 6.42 Å². The van der Waals surface area contributed by atoms with Gasteiger partial charge in [-0.25, -0.2) is 0 Å². The number of hydrogen-bond donors (Lipinski definition) is 3. The fraction of sp³-hybridized carbons (Fsp3) is 1.00. The van der Waals surface area contributed by atoms with Crippen LogP contribution in [0, 0.1) is 0 Å². The van der Waals surface area contributed by atoms with Crippen molar-refractivity contribution in [2.75, 3.05) is 0 Å². The van der Waals surface area contributed by atoms with Crippen molar-refractivity contribution in [3.63, 3.8) is 0 Å². The molecule has 0 aliphatic heterocycles. The van der Waals surface area contributed by atoms with E-state index in [1.54, 1.807) is 0 Å². The molecule has 50 valence electrons. The van der Waals surface area contributed by atoms with Gasteiger partial charge in [-0.1, -0.05) is 0 Å². The van der Waals surface area contributed by atoms with Gasteiger partial charge < -0.3 is 15.3 Å². The summed E-state index contributed by atoms with van der Waals surface area (Å²) in [6, 6.07) is 0. The molecule has 8 heavy (non-hydrogen) atoms. The predicted octanol–water partition coefficient (Wildman–Crippen LogP) is -0.542. The van der Waals surface area contributed by atoms with Crippen molar-refractivity contribution in [1.29, 1.82) is 0 Å². The molecule has 0 heterocycles. The van der Waals surface area contributed by atoms with Gasteiger partial charge in [0.1, 0.15) is 0 Å². The van der Waals surface area contributed by atoms with Crippen molar-refractivity contribution in [1.82, 2.24) is 0 Å². The summed E-state index contributed by atoms with van der Waals surface area (Å²) in [4.78, 5) is 0. The van der Waals surface area contributed by atoms with Gasteiger partial charge in [0.15, 0.2) is 6.29 Å². The molecule has 0 atom stereocenters. The molecule has 3 N–H and O–H groups in total. The minimum absolute atomic E-state index is 0.00694. The molecule has 0 unspecified atom stereocenters. The molecule has 0 radical (unpaired) electrons. The molecule has 0 saturated heterocycles. The van der Waals surface area contributed by atoms with E-state index in [-0.39, 0.29) is 6.42 Å². The van der Waals surface area contributed by atoms with Gasteiger partial charge in [0.05, 0.1) is 5.60 Å². The van der Waals surface area contributed by atoms with E-state index in [1.165, 1.54) is 13.8 Å². The molecule has 0 aliphatic carbocycles. The minimum Gasteiger partial charge on any atom is -0.390 e. The van der Waals surface area contributed by atoms with Crippen LogP contribution >= 0.6 is 0 Å². The Balaban J connectivity index is 3.39. The molecule has 0 fully saturated rings. The number of rotatable bonds is 2. The number of hydrogen-bond acceptors (Lipinski definition) is 3. The monoisotopic (exact) mass is 120 g/mol. The Morgan fingerprint density at radius 1 is 1.38 bits per heavy atom. The first-order valence-corrected chi connectivity index (χ1v) is 2.50. The Kier molecular flexibility index (Phi) is 2.40. The van der Waals surface area contributed by atoms with E-state index in [4.69, 9.17) is 15.3 Å². The largest absolute Gasteiger partial charge is 0.390 e. The minimum atomic E-state index is -1.41. The highest BCUT2D eigenvalue weighted by Crippen LogP contribution is 2.07. The van der Waals surface area contributed by atoms with Crippen LogP contribution in [0.1, 0.15) is 20.3 Å². The molecule has 0 amide bonds. The molecule has 3 heteroatoms.